The van der Waals surface area contributed by atoms with E-state index < -0.39 is 41.6 Å². The summed E-state index contributed by atoms with van der Waals surface area (Å²) in [6.45, 7) is 9.87. The third kappa shape index (κ3) is 7.45. The molecule has 1 heterocycles. The van der Waals surface area contributed by atoms with E-state index in [-0.39, 0.29) is 67.3 Å². The van der Waals surface area contributed by atoms with E-state index in [4.69, 9.17) is 28.4 Å². The fourth-order valence-electron chi connectivity index (χ4n) is 4.12. The normalized spacial score (nSPS) is 17.2. The summed E-state index contributed by atoms with van der Waals surface area (Å²) in [5.74, 6) is -2.13. The molecule has 0 aliphatic carbocycles. The smallest absolute Gasteiger partial charge is 0.311 e. The van der Waals surface area contributed by atoms with Gasteiger partial charge in [0.1, 0.15) is 23.4 Å². The van der Waals surface area contributed by atoms with Crippen molar-refractivity contribution in [3.05, 3.63) is 41.5 Å². The summed E-state index contributed by atoms with van der Waals surface area (Å²) in [5.41, 5.74) is -0.510. The maximum atomic E-state index is 12.5. The molecule has 42 heavy (non-hydrogen) atoms. The molecule has 1 aliphatic rings. The molecular formula is C31H36O11. The summed E-state index contributed by atoms with van der Waals surface area (Å²) >= 11 is 0. The lowest BCUT2D eigenvalue weighted by molar-refractivity contribution is -0.163. The number of carbonyl (C=O) groups is 5. The van der Waals surface area contributed by atoms with Gasteiger partial charge in [-0.25, -0.2) is 0 Å². The minimum atomic E-state index is -1.38. The maximum absolute atomic E-state index is 12.5. The fraction of sp³-hybridized carbons (Fsp3) is 0.452. The largest absolute Gasteiger partial charge is 0.478 e. The highest BCUT2D eigenvalue weighted by molar-refractivity contribution is 5.77. The van der Waals surface area contributed by atoms with Crippen LogP contribution < -0.4 is 23.7 Å². The number of esters is 5. The van der Waals surface area contributed by atoms with Gasteiger partial charge in [-0.15, -0.1) is 0 Å². The lowest BCUT2D eigenvalue weighted by Gasteiger charge is -2.42. The fourth-order valence-corrected chi connectivity index (χ4v) is 4.12. The standard InChI is InChI=1S/C31H36O11/c1-7-26(32)37-19-15-22(39-28(34)9-3)20-17-25(41-30(36)11-5)31(6,42-23(20)16-19)18-12-13-21(38-27(33)8-2)24(14-18)40-29(35)10-4/h12-16,25H,7-11,17H2,1-6H3/t25-,31?/m1/s1. The van der Waals surface area contributed by atoms with Crippen LogP contribution in [0.25, 0.3) is 0 Å². The first kappa shape index (κ1) is 32.1. The number of benzene rings is 2. The van der Waals surface area contributed by atoms with Crippen LogP contribution in [0.3, 0.4) is 0 Å². The van der Waals surface area contributed by atoms with Gasteiger partial charge in [0.2, 0.25) is 0 Å². The number of hydrogen-bond acceptors (Lipinski definition) is 11. The molecule has 3 rings (SSSR count). The average molecular weight is 585 g/mol. The van der Waals surface area contributed by atoms with Gasteiger partial charge < -0.3 is 28.4 Å². The Hall–Kier alpha value is -4.41. The van der Waals surface area contributed by atoms with Crippen molar-refractivity contribution in [2.45, 2.75) is 91.8 Å². The average Bonchev–Trinajstić information content (AvgIpc) is 2.97. The molecule has 0 radical (unpaired) electrons. The van der Waals surface area contributed by atoms with Crippen LogP contribution in [0.4, 0.5) is 0 Å². The quantitative estimate of drug-likeness (QED) is 0.257. The third-order valence-corrected chi connectivity index (χ3v) is 6.60. The molecule has 1 unspecified atom stereocenters. The van der Waals surface area contributed by atoms with Gasteiger partial charge in [0.05, 0.1) is 0 Å². The molecule has 2 atom stereocenters. The van der Waals surface area contributed by atoms with E-state index in [0.717, 1.165) is 0 Å². The first-order chi connectivity index (χ1) is 20.0. The Bertz CT molecular complexity index is 1360. The Balaban J connectivity index is 2.19. The Morgan fingerprint density at radius 1 is 0.690 bits per heavy atom. The predicted molar refractivity (Wildman–Crippen MR) is 148 cm³/mol. The van der Waals surface area contributed by atoms with Crippen LogP contribution in [-0.4, -0.2) is 36.0 Å². The van der Waals surface area contributed by atoms with Gasteiger partial charge in [-0.1, -0.05) is 40.7 Å². The number of carbonyl (C=O) groups excluding carboxylic acids is 5. The zero-order chi connectivity index (χ0) is 31.0. The van der Waals surface area contributed by atoms with Crippen molar-refractivity contribution in [1.29, 1.82) is 0 Å². The van der Waals surface area contributed by atoms with Crippen LogP contribution in [0.15, 0.2) is 30.3 Å². The topological polar surface area (TPSA) is 141 Å². The Kier molecular flexibility index (Phi) is 10.7. The summed E-state index contributed by atoms with van der Waals surface area (Å²) in [7, 11) is 0. The molecule has 2 aromatic carbocycles. The molecule has 0 fully saturated rings. The van der Waals surface area contributed by atoms with E-state index in [9.17, 15) is 24.0 Å². The molecular weight excluding hydrogens is 548 g/mol. The second-order valence-electron chi connectivity index (χ2n) is 9.62. The number of hydrogen-bond donors (Lipinski definition) is 0. The first-order valence-corrected chi connectivity index (χ1v) is 14.0. The zero-order valence-corrected chi connectivity index (χ0v) is 24.7. The molecule has 0 saturated carbocycles. The molecule has 0 bridgehead atoms. The van der Waals surface area contributed by atoms with E-state index in [0.29, 0.717) is 11.1 Å². The van der Waals surface area contributed by atoms with Crippen molar-refractivity contribution < 1.29 is 52.4 Å². The van der Waals surface area contributed by atoms with E-state index >= 15 is 0 Å². The summed E-state index contributed by atoms with van der Waals surface area (Å²) < 4.78 is 34.1. The van der Waals surface area contributed by atoms with E-state index in [2.05, 4.69) is 0 Å². The molecule has 2 aromatic rings. The van der Waals surface area contributed by atoms with Crippen LogP contribution in [-0.2, 0) is 40.7 Å². The highest BCUT2D eigenvalue weighted by atomic mass is 16.6. The molecule has 0 saturated heterocycles. The summed E-state index contributed by atoms with van der Waals surface area (Å²) in [5, 5.41) is 0. The van der Waals surface area contributed by atoms with Crippen molar-refractivity contribution in [2.75, 3.05) is 0 Å². The lowest BCUT2D eigenvalue weighted by Crippen LogP contribution is -2.49. The number of fused-ring (bicyclic) bond motifs is 1. The van der Waals surface area contributed by atoms with Crippen molar-refractivity contribution in [1.82, 2.24) is 0 Å². The van der Waals surface area contributed by atoms with Gasteiger partial charge in [0, 0.05) is 61.8 Å². The summed E-state index contributed by atoms with van der Waals surface area (Å²) in [6.07, 6.45) is -0.388. The molecule has 226 valence electrons. The van der Waals surface area contributed by atoms with Crippen molar-refractivity contribution in [2.24, 2.45) is 0 Å². The molecule has 1 aliphatic heterocycles. The van der Waals surface area contributed by atoms with Crippen molar-refractivity contribution in [3.63, 3.8) is 0 Å². The van der Waals surface area contributed by atoms with Crippen LogP contribution >= 0.6 is 0 Å². The SMILES string of the molecule is CCC(=O)Oc1cc(OC(=O)CC)c2c(c1)OC(C)(c1ccc(OC(=O)CC)c(OC(=O)CC)c1)[C@H](OC(=O)CC)C2. The Morgan fingerprint density at radius 2 is 1.21 bits per heavy atom. The summed E-state index contributed by atoms with van der Waals surface area (Å²) in [6, 6.07) is 7.49. The highest BCUT2D eigenvalue weighted by Gasteiger charge is 2.47. The zero-order valence-electron chi connectivity index (χ0n) is 24.7. The molecule has 11 heteroatoms. The molecule has 0 amide bonds. The van der Waals surface area contributed by atoms with Gasteiger partial charge >= 0.3 is 29.8 Å². The highest BCUT2D eigenvalue weighted by Crippen LogP contribution is 2.47. The number of rotatable bonds is 11. The predicted octanol–water partition coefficient (Wildman–Crippen LogP) is 5.12. The molecule has 11 nitrogen and oxygen atoms in total. The van der Waals surface area contributed by atoms with Gasteiger partial charge in [0.15, 0.2) is 17.1 Å². The maximum Gasteiger partial charge on any atom is 0.311 e. The molecule has 0 aromatic heterocycles. The van der Waals surface area contributed by atoms with Crippen LogP contribution in [0.5, 0.6) is 28.7 Å². The van der Waals surface area contributed by atoms with Crippen molar-refractivity contribution in [3.8, 4) is 28.7 Å². The van der Waals surface area contributed by atoms with Crippen LogP contribution in [0, 0.1) is 0 Å². The Labute approximate surface area is 244 Å². The second kappa shape index (κ2) is 14.0. The van der Waals surface area contributed by atoms with Gasteiger partial charge in [-0.05, 0) is 19.1 Å². The van der Waals surface area contributed by atoms with Crippen molar-refractivity contribution >= 4 is 29.8 Å². The Morgan fingerprint density at radius 3 is 1.79 bits per heavy atom. The first-order valence-electron chi connectivity index (χ1n) is 14.0. The number of ether oxygens (including phenoxy) is 6. The molecule has 0 spiro atoms. The molecule has 0 N–H and O–H groups in total. The minimum absolute atomic E-state index is 0.0134. The minimum Gasteiger partial charge on any atom is -0.478 e. The van der Waals surface area contributed by atoms with Gasteiger partial charge in [-0.3, -0.25) is 24.0 Å². The van der Waals surface area contributed by atoms with Gasteiger partial charge in [0.25, 0.3) is 0 Å². The van der Waals surface area contributed by atoms with Gasteiger partial charge in [-0.2, -0.15) is 0 Å². The van der Waals surface area contributed by atoms with E-state index in [1.54, 1.807) is 47.6 Å². The monoisotopic (exact) mass is 584 g/mol. The van der Waals surface area contributed by atoms with Crippen LogP contribution in [0.2, 0.25) is 0 Å². The second-order valence-corrected chi connectivity index (χ2v) is 9.62. The van der Waals surface area contributed by atoms with Crippen LogP contribution in [0.1, 0.15) is 84.8 Å². The third-order valence-electron chi connectivity index (χ3n) is 6.60. The lowest BCUT2D eigenvalue weighted by atomic mass is 9.83. The van der Waals surface area contributed by atoms with E-state index in [1.807, 2.05) is 0 Å². The van der Waals surface area contributed by atoms with E-state index in [1.165, 1.54) is 24.3 Å². The summed E-state index contributed by atoms with van der Waals surface area (Å²) in [4.78, 5) is 61.1.